The van der Waals surface area contributed by atoms with Crippen LogP contribution in [0.15, 0.2) is 72.9 Å². The van der Waals surface area contributed by atoms with Crippen molar-refractivity contribution in [2.45, 2.75) is 341 Å². The predicted molar refractivity (Wildman–Crippen MR) is 330 cm³/mol. The molecule has 0 aliphatic carbocycles. The molecule has 0 aliphatic rings. The van der Waals surface area contributed by atoms with E-state index in [0.717, 1.165) is 89.9 Å². The van der Waals surface area contributed by atoms with E-state index in [9.17, 15) is 14.4 Å². The largest absolute Gasteiger partial charge is 0.462 e. The Hall–Kier alpha value is -3.15. The summed E-state index contributed by atoms with van der Waals surface area (Å²) >= 11 is 0. The van der Waals surface area contributed by atoms with Crippen molar-refractivity contribution in [1.82, 2.24) is 0 Å². The highest BCUT2D eigenvalue weighted by Gasteiger charge is 2.19. The molecule has 0 aromatic rings. The van der Waals surface area contributed by atoms with E-state index in [1.807, 2.05) is 0 Å². The highest BCUT2D eigenvalue weighted by Crippen LogP contribution is 2.17. The minimum Gasteiger partial charge on any atom is -0.462 e. The summed E-state index contributed by atoms with van der Waals surface area (Å²) in [6.45, 7) is 6.55. The molecular weight excluding hydrogens is 937 g/mol. The number of allylic oxidation sites excluding steroid dienone is 12. The van der Waals surface area contributed by atoms with Gasteiger partial charge in [-0.05, 0) is 109 Å². The number of hydrogen-bond donors (Lipinski definition) is 0. The smallest absolute Gasteiger partial charge is 0.306 e. The molecule has 6 heteroatoms. The van der Waals surface area contributed by atoms with E-state index >= 15 is 0 Å². The van der Waals surface area contributed by atoms with Gasteiger partial charge in [0.1, 0.15) is 13.2 Å². The number of esters is 3. The van der Waals surface area contributed by atoms with Crippen LogP contribution in [0.2, 0.25) is 0 Å². The molecule has 0 aromatic carbocycles. The Labute approximate surface area is 472 Å². The molecule has 0 rings (SSSR count). The highest BCUT2D eigenvalue weighted by molar-refractivity contribution is 5.71. The molecular formula is C70H124O6. The first-order chi connectivity index (χ1) is 37.5. The topological polar surface area (TPSA) is 78.9 Å². The molecule has 0 fully saturated rings. The van der Waals surface area contributed by atoms with Crippen LogP contribution < -0.4 is 0 Å². The van der Waals surface area contributed by atoms with Crippen molar-refractivity contribution in [3.05, 3.63) is 72.9 Å². The summed E-state index contributed by atoms with van der Waals surface area (Å²) in [6.07, 6.45) is 83.4. The quantitative estimate of drug-likeness (QED) is 0.0261. The van der Waals surface area contributed by atoms with Crippen molar-refractivity contribution >= 4 is 17.9 Å². The molecule has 0 heterocycles. The van der Waals surface area contributed by atoms with Gasteiger partial charge in [0, 0.05) is 19.3 Å². The fourth-order valence-corrected chi connectivity index (χ4v) is 9.48. The minimum absolute atomic E-state index is 0.0775. The van der Waals surface area contributed by atoms with Crippen LogP contribution in [-0.4, -0.2) is 37.2 Å². The average Bonchev–Trinajstić information content (AvgIpc) is 3.42. The summed E-state index contributed by atoms with van der Waals surface area (Å²) in [5.41, 5.74) is 0. The second-order valence-electron chi connectivity index (χ2n) is 22.0. The first kappa shape index (κ1) is 72.8. The van der Waals surface area contributed by atoms with E-state index in [0.29, 0.717) is 19.3 Å². The molecule has 1 atom stereocenters. The number of unbranched alkanes of at least 4 members (excludes halogenated alkanes) is 37. The fourth-order valence-electron chi connectivity index (χ4n) is 9.48. The van der Waals surface area contributed by atoms with E-state index in [1.165, 1.54) is 205 Å². The van der Waals surface area contributed by atoms with Crippen LogP contribution in [0.3, 0.4) is 0 Å². The first-order valence-electron chi connectivity index (χ1n) is 32.9. The number of carbonyl (C=O) groups is 3. The molecule has 0 radical (unpaired) electrons. The molecule has 0 saturated heterocycles. The SMILES string of the molecule is CC/C=C\C/C=C\C/C=C\C/C=C\CCCCCCCCCCCCCCC(=O)OCC(COC(=O)CCCCCCC/C=C\CCCCCCC)OC(=O)CCCCCCCCCCC/C=C\CCCCCCCC. The Morgan fingerprint density at radius 1 is 0.276 bits per heavy atom. The number of ether oxygens (including phenoxy) is 3. The summed E-state index contributed by atoms with van der Waals surface area (Å²) in [6, 6.07) is 0. The molecule has 76 heavy (non-hydrogen) atoms. The van der Waals surface area contributed by atoms with E-state index in [4.69, 9.17) is 14.2 Å². The molecule has 1 unspecified atom stereocenters. The van der Waals surface area contributed by atoms with Gasteiger partial charge in [-0.15, -0.1) is 0 Å². The van der Waals surface area contributed by atoms with Gasteiger partial charge in [0.2, 0.25) is 0 Å². The number of hydrogen-bond acceptors (Lipinski definition) is 6. The van der Waals surface area contributed by atoms with Crippen LogP contribution in [0.1, 0.15) is 335 Å². The van der Waals surface area contributed by atoms with Crippen LogP contribution in [0, 0.1) is 0 Å². The Balaban J connectivity index is 4.31. The maximum atomic E-state index is 12.9. The average molecular weight is 1060 g/mol. The standard InChI is InChI=1S/C70H124O6/c1-4-7-10-13-16-19-22-25-28-30-32-33-34-35-36-37-39-40-42-45-48-51-54-57-60-63-69(72)75-66-67(65-74-68(71)62-59-56-53-50-47-44-27-24-21-18-15-12-9-6-3)76-70(73)64-61-58-55-52-49-46-43-41-38-31-29-26-23-20-17-14-11-8-5-2/h7,10,16,19,24-29,32-33,67H,4-6,8-9,11-15,17-18,20-23,30-31,34-66H2,1-3H3/b10-7-,19-16-,27-24-,28-25-,29-26-,33-32-. The van der Waals surface area contributed by atoms with Gasteiger partial charge in [-0.1, -0.05) is 280 Å². The van der Waals surface area contributed by atoms with Crippen molar-refractivity contribution in [1.29, 1.82) is 0 Å². The zero-order valence-electron chi connectivity index (χ0n) is 50.5. The third-order valence-electron chi connectivity index (χ3n) is 14.4. The van der Waals surface area contributed by atoms with Crippen molar-refractivity contribution in [2.24, 2.45) is 0 Å². The Morgan fingerprint density at radius 3 is 0.816 bits per heavy atom. The normalized spacial score (nSPS) is 12.5. The fraction of sp³-hybridized carbons (Fsp3) is 0.786. The van der Waals surface area contributed by atoms with Crippen molar-refractivity contribution in [3.63, 3.8) is 0 Å². The molecule has 0 N–H and O–H groups in total. The van der Waals surface area contributed by atoms with Crippen LogP contribution in [0.5, 0.6) is 0 Å². The van der Waals surface area contributed by atoms with Gasteiger partial charge in [0.25, 0.3) is 0 Å². The highest BCUT2D eigenvalue weighted by atomic mass is 16.6. The third-order valence-corrected chi connectivity index (χ3v) is 14.4. The number of carbonyl (C=O) groups excluding carboxylic acids is 3. The molecule has 0 amide bonds. The lowest BCUT2D eigenvalue weighted by atomic mass is 10.0. The van der Waals surface area contributed by atoms with Gasteiger partial charge < -0.3 is 14.2 Å². The second-order valence-corrected chi connectivity index (χ2v) is 22.0. The molecule has 0 aliphatic heterocycles. The maximum Gasteiger partial charge on any atom is 0.306 e. The lowest BCUT2D eigenvalue weighted by Gasteiger charge is -2.18. The Bertz CT molecular complexity index is 1400. The second kappa shape index (κ2) is 64.4. The molecule has 440 valence electrons. The minimum atomic E-state index is -0.781. The van der Waals surface area contributed by atoms with Gasteiger partial charge in [-0.25, -0.2) is 0 Å². The molecule has 0 bridgehead atoms. The van der Waals surface area contributed by atoms with Gasteiger partial charge in [-0.3, -0.25) is 14.4 Å². The molecule has 0 aromatic heterocycles. The summed E-state index contributed by atoms with van der Waals surface area (Å²) in [5.74, 6) is -0.873. The van der Waals surface area contributed by atoms with Crippen LogP contribution in [0.25, 0.3) is 0 Å². The van der Waals surface area contributed by atoms with Crippen molar-refractivity contribution < 1.29 is 28.6 Å². The summed E-state index contributed by atoms with van der Waals surface area (Å²) < 4.78 is 16.9. The first-order valence-corrected chi connectivity index (χ1v) is 32.9. The lowest BCUT2D eigenvalue weighted by Crippen LogP contribution is -2.30. The van der Waals surface area contributed by atoms with Crippen LogP contribution in [0.4, 0.5) is 0 Å². The summed E-state index contributed by atoms with van der Waals surface area (Å²) in [4.78, 5) is 38.3. The van der Waals surface area contributed by atoms with Crippen LogP contribution in [-0.2, 0) is 28.6 Å². The van der Waals surface area contributed by atoms with E-state index in [1.54, 1.807) is 0 Å². The number of rotatable bonds is 60. The lowest BCUT2D eigenvalue weighted by molar-refractivity contribution is -0.167. The van der Waals surface area contributed by atoms with E-state index < -0.39 is 6.10 Å². The summed E-state index contributed by atoms with van der Waals surface area (Å²) in [7, 11) is 0. The zero-order chi connectivity index (χ0) is 55.0. The van der Waals surface area contributed by atoms with Crippen LogP contribution >= 0.6 is 0 Å². The van der Waals surface area contributed by atoms with Gasteiger partial charge in [0.05, 0.1) is 0 Å². The third kappa shape index (κ3) is 61.7. The van der Waals surface area contributed by atoms with Gasteiger partial charge in [0.15, 0.2) is 6.10 Å². The predicted octanol–water partition coefficient (Wildman–Crippen LogP) is 22.5. The molecule has 0 spiro atoms. The molecule has 6 nitrogen and oxygen atoms in total. The zero-order valence-corrected chi connectivity index (χ0v) is 50.5. The van der Waals surface area contributed by atoms with Crippen molar-refractivity contribution in [3.8, 4) is 0 Å². The molecule has 0 saturated carbocycles. The van der Waals surface area contributed by atoms with Crippen molar-refractivity contribution in [2.75, 3.05) is 13.2 Å². The Morgan fingerprint density at radius 2 is 0.513 bits per heavy atom. The van der Waals surface area contributed by atoms with E-state index in [2.05, 4.69) is 93.7 Å². The maximum absolute atomic E-state index is 12.9. The summed E-state index contributed by atoms with van der Waals surface area (Å²) in [5, 5.41) is 0. The monoisotopic (exact) mass is 1060 g/mol. The van der Waals surface area contributed by atoms with Gasteiger partial charge >= 0.3 is 17.9 Å². The van der Waals surface area contributed by atoms with Gasteiger partial charge in [-0.2, -0.15) is 0 Å². The van der Waals surface area contributed by atoms with E-state index in [-0.39, 0.29) is 31.1 Å². The Kier molecular flexibility index (Phi) is 61.7.